The Kier molecular flexibility index (Phi) is 8.15. The summed E-state index contributed by atoms with van der Waals surface area (Å²) in [7, 11) is -0.451. The number of pyridine rings is 1. The number of benzene rings is 3. The number of anilines is 1. The molecule has 1 fully saturated rings. The molecule has 0 radical (unpaired) electrons. The van der Waals surface area contributed by atoms with Gasteiger partial charge in [-0.3, -0.25) is 14.0 Å². The maximum absolute atomic E-state index is 13.6. The second-order valence-electron chi connectivity index (χ2n) is 12.1. The van der Waals surface area contributed by atoms with Gasteiger partial charge in [0.2, 0.25) is 5.88 Å². The molecule has 7 rings (SSSR count). The number of halogens is 2. The number of carbonyl (C=O) groups excluding carboxylic acids is 1. The lowest BCUT2D eigenvalue weighted by molar-refractivity contribution is -0.286. The number of aryl methyl sites for hydroxylation is 2. The second-order valence-corrected chi connectivity index (χ2v) is 14.0. The number of alkyl halides is 2. The number of fused-ring (bicyclic) bond motifs is 2. The largest absolute Gasteiger partial charge is 0.586 e. The van der Waals surface area contributed by atoms with Gasteiger partial charge in [-0.2, -0.15) is 0 Å². The standard InChI is InChI=1S/C35H33F2N5O6S/c1-23-4-10-28(11-5-23)49(44,45)40(3)26-8-13-33(38-21-26)46-27-9-7-25-19-30(39(2)29(25)20-27)34(43)42-16-14-41(15-17-42)22-24-6-12-31-32(18-24)48-35(36,37)47-31/h4-13,18-21H,14-17,22H2,1-3H3. The van der Waals surface area contributed by atoms with Gasteiger partial charge in [-0.1, -0.05) is 23.8 Å². The summed E-state index contributed by atoms with van der Waals surface area (Å²) in [6.45, 7) is 4.70. The summed E-state index contributed by atoms with van der Waals surface area (Å²) in [5.41, 5.74) is 3.50. The van der Waals surface area contributed by atoms with Crippen LogP contribution in [0.15, 0.2) is 90.0 Å². The molecule has 0 bridgehead atoms. The van der Waals surface area contributed by atoms with Crippen LogP contribution in [0.4, 0.5) is 14.5 Å². The molecule has 49 heavy (non-hydrogen) atoms. The normalized spacial score (nSPS) is 15.8. The Morgan fingerprint density at radius 2 is 1.67 bits per heavy atom. The summed E-state index contributed by atoms with van der Waals surface area (Å²) < 4.78 is 71.0. The van der Waals surface area contributed by atoms with Gasteiger partial charge in [0.1, 0.15) is 11.4 Å². The van der Waals surface area contributed by atoms with Crippen molar-refractivity contribution in [3.63, 3.8) is 0 Å². The first-order chi connectivity index (χ1) is 23.4. The Bertz CT molecular complexity index is 2150. The van der Waals surface area contributed by atoms with Gasteiger partial charge < -0.3 is 23.7 Å². The maximum Gasteiger partial charge on any atom is 0.586 e. The fourth-order valence-electron chi connectivity index (χ4n) is 5.95. The Labute approximate surface area is 281 Å². The predicted molar refractivity (Wildman–Crippen MR) is 178 cm³/mol. The Morgan fingerprint density at radius 1 is 0.939 bits per heavy atom. The first kappa shape index (κ1) is 32.3. The van der Waals surface area contributed by atoms with Crippen LogP contribution in [0.5, 0.6) is 23.1 Å². The van der Waals surface area contributed by atoms with Gasteiger partial charge in [-0.15, -0.1) is 8.78 Å². The van der Waals surface area contributed by atoms with Crippen molar-refractivity contribution < 1.29 is 36.2 Å². The van der Waals surface area contributed by atoms with Crippen molar-refractivity contribution in [2.75, 3.05) is 37.5 Å². The van der Waals surface area contributed by atoms with Gasteiger partial charge in [0.05, 0.1) is 22.3 Å². The molecule has 2 aliphatic heterocycles. The highest BCUT2D eigenvalue weighted by atomic mass is 32.2. The van der Waals surface area contributed by atoms with Crippen molar-refractivity contribution in [2.24, 2.45) is 7.05 Å². The Morgan fingerprint density at radius 3 is 2.39 bits per heavy atom. The zero-order valence-electron chi connectivity index (χ0n) is 27.0. The number of nitrogens with zero attached hydrogens (tertiary/aromatic N) is 5. The molecule has 0 N–H and O–H groups in total. The van der Waals surface area contributed by atoms with Crippen LogP contribution in [0.3, 0.4) is 0 Å². The lowest BCUT2D eigenvalue weighted by Crippen LogP contribution is -2.48. The van der Waals surface area contributed by atoms with Crippen molar-refractivity contribution in [1.82, 2.24) is 19.4 Å². The third-order valence-electron chi connectivity index (χ3n) is 8.75. The molecule has 0 spiro atoms. The molecule has 4 heterocycles. The summed E-state index contributed by atoms with van der Waals surface area (Å²) in [4.78, 5) is 22.1. The number of hydrogen-bond donors (Lipinski definition) is 0. The van der Waals surface area contributed by atoms with Crippen molar-refractivity contribution in [3.05, 3.63) is 102 Å². The minimum Gasteiger partial charge on any atom is -0.439 e. The third-order valence-corrected chi connectivity index (χ3v) is 10.6. The molecule has 3 aromatic carbocycles. The van der Waals surface area contributed by atoms with E-state index < -0.39 is 16.3 Å². The smallest absolute Gasteiger partial charge is 0.439 e. The van der Waals surface area contributed by atoms with Crippen molar-refractivity contribution in [1.29, 1.82) is 0 Å². The number of amides is 1. The van der Waals surface area contributed by atoms with Crippen LogP contribution in [0, 0.1) is 6.92 Å². The van der Waals surface area contributed by atoms with Crippen molar-refractivity contribution >= 4 is 32.5 Å². The molecule has 11 nitrogen and oxygen atoms in total. The topological polar surface area (TPSA) is 106 Å². The van der Waals surface area contributed by atoms with E-state index in [4.69, 9.17) is 4.74 Å². The van der Waals surface area contributed by atoms with Gasteiger partial charge >= 0.3 is 6.29 Å². The maximum atomic E-state index is 13.6. The summed E-state index contributed by atoms with van der Waals surface area (Å²) in [6, 6.07) is 22.0. The van der Waals surface area contributed by atoms with E-state index in [1.54, 1.807) is 54.6 Å². The van der Waals surface area contributed by atoms with Gasteiger partial charge in [0.25, 0.3) is 15.9 Å². The van der Waals surface area contributed by atoms with Crippen LogP contribution < -0.4 is 18.5 Å². The average Bonchev–Trinajstić information content (AvgIpc) is 3.58. The van der Waals surface area contributed by atoms with E-state index in [0.717, 1.165) is 22.0 Å². The first-order valence-corrected chi connectivity index (χ1v) is 17.0. The number of sulfonamides is 1. The number of piperazine rings is 1. The van der Waals surface area contributed by atoms with Gasteiger partial charge in [0, 0.05) is 64.3 Å². The fourth-order valence-corrected chi connectivity index (χ4v) is 7.13. The molecule has 0 saturated carbocycles. The Balaban J connectivity index is 0.980. The second kappa shape index (κ2) is 12.3. The number of hydrogen-bond acceptors (Lipinski definition) is 8. The van der Waals surface area contributed by atoms with Crippen LogP contribution in [-0.4, -0.2) is 73.2 Å². The van der Waals surface area contributed by atoms with Gasteiger partial charge in [-0.25, -0.2) is 13.4 Å². The molecule has 0 unspecified atom stereocenters. The molecule has 2 aromatic heterocycles. The monoisotopic (exact) mass is 689 g/mol. The zero-order chi connectivity index (χ0) is 34.5. The number of aromatic nitrogens is 2. The average molecular weight is 690 g/mol. The van der Waals surface area contributed by atoms with Crippen LogP contribution in [0.1, 0.15) is 21.6 Å². The van der Waals surface area contributed by atoms with E-state index in [1.165, 1.54) is 23.6 Å². The number of rotatable bonds is 8. The van der Waals surface area contributed by atoms with Gasteiger partial charge in [0.15, 0.2) is 11.5 Å². The van der Waals surface area contributed by atoms with Crippen LogP contribution in [-0.2, 0) is 23.6 Å². The molecule has 0 aliphatic carbocycles. The lowest BCUT2D eigenvalue weighted by atomic mass is 10.1. The number of ether oxygens (including phenoxy) is 3. The number of carbonyl (C=O) groups is 1. The van der Waals surface area contributed by atoms with E-state index in [9.17, 15) is 22.0 Å². The highest BCUT2D eigenvalue weighted by Crippen LogP contribution is 2.41. The van der Waals surface area contributed by atoms with Gasteiger partial charge in [-0.05, 0) is 61.0 Å². The van der Waals surface area contributed by atoms with Crippen molar-refractivity contribution in [2.45, 2.75) is 24.7 Å². The molecule has 1 amide bonds. The highest BCUT2D eigenvalue weighted by Gasteiger charge is 2.43. The minimum atomic E-state index is -3.76. The molecule has 1 saturated heterocycles. The van der Waals surface area contributed by atoms with Crippen LogP contribution in [0.25, 0.3) is 10.9 Å². The quantitative estimate of drug-likeness (QED) is 0.202. The lowest BCUT2D eigenvalue weighted by Gasteiger charge is -2.34. The molecule has 14 heteroatoms. The molecule has 0 atom stereocenters. The molecular weight excluding hydrogens is 656 g/mol. The minimum absolute atomic E-state index is 0.0147. The third kappa shape index (κ3) is 6.48. The Hall–Kier alpha value is -5.21. The van der Waals surface area contributed by atoms with E-state index in [2.05, 4.69) is 19.4 Å². The van der Waals surface area contributed by atoms with Crippen LogP contribution >= 0.6 is 0 Å². The van der Waals surface area contributed by atoms with Crippen molar-refractivity contribution in [3.8, 4) is 23.1 Å². The summed E-state index contributed by atoms with van der Waals surface area (Å²) in [6.07, 6.45) is -2.21. The van der Waals surface area contributed by atoms with E-state index in [-0.39, 0.29) is 28.2 Å². The summed E-state index contributed by atoms with van der Waals surface area (Å²) in [5, 5.41) is 0.872. The van der Waals surface area contributed by atoms with Crippen LogP contribution in [0.2, 0.25) is 0 Å². The van der Waals surface area contributed by atoms with E-state index >= 15 is 0 Å². The zero-order valence-corrected chi connectivity index (χ0v) is 27.8. The predicted octanol–water partition coefficient (Wildman–Crippen LogP) is 5.78. The van der Waals surface area contributed by atoms with E-state index in [1.807, 2.05) is 41.6 Å². The summed E-state index contributed by atoms with van der Waals surface area (Å²) in [5.74, 6) is 0.736. The fraction of sp³-hybridized carbons (Fsp3) is 0.257. The SMILES string of the molecule is Cc1ccc(S(=O)(=O)N(C)c2ccc(Oc3ccc4cc(C(=O)N5CCN(Cc6ccc7c(c6)OC(F)(F)O7)CC5)n(C)c4c3)nc2)cc1. The molecular formula is C35H33F2N5O6S. The molecule has 2 aliphatic rings. The first-order valence-electron chi connectivity index (χ1n) is 15.6. The molecule has 5 aromatic rings. The molecule has 254 valence electrons. The highest BCUT2D eigenvalue weighted by molar-refractivity contribution is 7.92. The summed E-state index contributed by atoms with van der Waals surface area (Å²) >= 11 is 0. The van der Waals surface area contributed by atoms with E-state index in [0.29, 0.717) is 49.9 Å².